The molecule has 0 aromatic carbocycles. The van der Waals surface area contributed by atoms with E-state index >= 15 is 0 Å². The average Bonchev–Trinajstić information content (AvgIpc) is 3.47. The lowest BCUT2D eigenvalue weighted by Crippen LogP contribution is -2.50. The number of aromatic nitrogens is 1. The number of fused-ring (bicyclic) bond motifs is 1. The molecule has 4 rings (SSSR count). The normalized spacial score (nSPS) is 22.8. The summed E-state index contributed by atoms with van der Waals surface area (Å²) < 4.78 is 43.2. The van der Waals surface area contributed by atoms with Crippen LogP contribution >= 0.6 is 0 Å². The zero-order chi connectivity index (χ0) is 27.6. The molecule has 37 heavy (non-hydrogen) atoms. The van der Waals surface area contributed by atoms with Crippen molar-refractivity contribution >= 4 is 21.4 Å². The minimum Gasteiger partial charge on any atom is -0.398 e. The summed E-state index contributed by atoms with van der Waals surface area (Å²) in [5.74, 6) is 2.33. The lowest BCUT2D eigenvalue weighted by Gasteiger charge is -2.41. The Bertz CT molecular complexity index is 888. The molecule has 3 heterocycles. The molecule has 2 atom stereocenters. The zero-order valence-electron chi connectivity index (χ0n) is 22.0. The summed E-state index contributed by atoms with van der Waals surface area (Å²) in [4.78, 5) is 5.63. The molecule has 1 aromatic rings. The molecule has 3 fully saturated rings. The molecule has 6 N–H and O–H groups in total. The van der Waals surface area contributed by atoms with E-state index in [4.69, 9.17) is 37.6 Å². The summed E-state index contributed by atoms with van der Waals surface area (Å²) in [6, 6.07) is 2.59. The van der Waals surface area contributed by atoms with Crippen LogP contribution in [0.3, 0.4) is 0 Å². The van der Waals surface area contributed by atoms with Gasteiger partial charge in [-0.2, -0.15) is 13.2 Å². The SMILES string of the molecule is CC.NC(N)=C/C=C(\N)c1cccnc1C(F)(F)F.[B]C([B])(CC1CCOCC1)N1CC2CCCC2C1. The monoisotopic (exact) mass is 517 g/mol. The van der Waals surface area contributed by atoms with Gasteiger partial charge in [0.05, 0.1) is 21.5 Å². The molecule has 0 spiro atoms. The smallest absolute Gasteiger partial charge is 0.398 e. The molecule has 1 aliphatic carbocycles. The van der Waals surface area contributed by atoms with Gasteiger partial charge in [-0.05, 0) is 74.1 Å². The zero-order valence-corrected chi connectivity index (χ0v) is 22.0. The van der Waals surface area contributed by atoms with Crippen molar-refractivity contribution in [2.45, 2.75) is 63.9 Å². The fourth-order valence-electron chi connectivity index (χ4n) is 5.26. The largest absolute Gasteiger partial charge is 0.434 e. The first kappa shape index (κ1) is 31.1. The van der Waals surface area contributed by atoms with Crippen LogP contribution in [0.25, 0.3) is 5.70 Å². The number of rotatable bonds is 5. The van der Waals surface area contributed by atoms with Crippen molar-refractivity contribution in [1.29, 1.82) is 0 Å². The Hall–Kier alpha value is -2.13. The Balaban J connectivity index is 0.000000245. The van der Waals surface area contributed by atoms with E-state index in [0.29, 0.717) is 5.92 Å². The van der Waals surface area contributed by atoms with Crippen molar-refractivity contribution in [3.63, 3.8) is 0 Å². The van der Waals surface area contributed by atoms with Gasteiger partial charge in [0.15, 0.2) is 5.69 Å². The number of ether oxygens (including phenoxy) is 1. The Labute approximate surface area is 222 Å². The maximum Gasteiger partial charge on any atom is 0.434 e. The van der Waals surface area contributed by atoms with E-state index < -0.39 is 17.2 Å². The predicted octanol–water partition coefficient (Wildman–Crippen LogP) is 3.71. The first-order chi connectivity index (χ1) is 17.5. The molecular weight excluding hydrogens is 477 g/mol. The summed E-state index contributed by atoms with van der Waals surface area (Å²) >= 11 is 0. The van der Waals surface area contributed by atoms with Crippen molar-refractivity contribution in [2.24, 2.45) is 35.0 Å². The predicted molar refractivity (Wildman–Crippen MR) is 144 cm³/mol. The van der Waals surface area contributed by atoms with E-state index in [-0.39, 0.29) is 17.1 Å². The van der Waals surface area contributed by atoms with Crippen LogP contribution in [0, 0.1) is 17.8 Å². The van der Waals surface area contributed by atoms with Crippen LogP contribution in [0.15, 0.2) is 36.3 Å². The number of halogens is 3. The highest BCUT2D eigenvalue weighted by molar-refractivity contribution is 6.40. The van der Waals surface area contributed by atoms with Gasteiger partial charge in [-0.25, -0.2) is 0 Å². The lowest BCUT2D eigenvalue weighted by atomic mass is 9.56. The molecule has 1 saturated carbocycles. The van der Waals surface area contributed by atoms with E-state index in [1.54, 1.807) is 0 Å². The number of alkyl halides is 3. The van der Waals surface area contributed by atoms with Crippen LogP contribution in [-0.4, -0.2) is 57.2 Å². The number of likely N-dealkylation sites (tertiary alicyclic amines) is 1. The van der Waals surface area contributed by atoms with E-state index in [9.17, 15) is 13.2 Å². The van der Waals surface area contributed by atoms with Crippen LogP contribution in [0.4, 0.5) is 13.2 Å². The van der Waals surface area contributed by atoms with Crippen molar-refractivity contribution < 1.29 is 17.9 Å². The van der Waals surface area contributed by atoms with E-state index in [0.717, 1.165) is 63.6 Å². The highest BCUT2D eigenvalue weighted by Gasteiger charge is 2.41. The van der Waals surface area contributed by atoms with Gasteiger partial charge in [-0.3, -0.25) is 4.98 Å². The van der Waals surface area contributed by atoms with Gasteiger partial charge in [0.1, 0.15) is 0 Å². The number of allylic oxidation sites excluding steroid dienone is 2. The summed E-state index contributed by atoms with van der Waals surface area (Å²) in [5, 5.41) is -0.591. The fourth-order valence-corrected chi connectivity index (χ4v) is 5.26. The highest BCUT2D eigenvalue weighted by atomic mass is 19.4. The topological polar surface area (TPSA) is 103 Å². The molecule has 2 saturated heterocycles. The second kappa shape index (κ2) is 14.1. The molecule has 6 nitrogen and oxygen atoms in total. The molecule has 0 bridgehead atoms. The second-order valence-corrected chi connectivity index (χ2v) is 9.79. The molecule has 3 aliphatic rings. The minimum atomic E-state index is -4.56. The molecule has 1 aromatic heterocycles. The summed E-state index contributed by atoms with van der Waals surface area (Å²) in [6.07, 6.45) is 6.24. The van der Waals surface area contributed by atoms with Crippen LogP contribution < -0.4 is 17.2 Å². The highest BCUT2D eigenvalue weighted by Crippen LogP contribution is 2.40. The van der Waals surface area contributed by atoms with Crippen LogP contribution in [0.1, 0.15) is 63.6 Å². The number of pyridine rings is 1. The third kappa shape index (κ3) is 9.28. The molecule has 202 valence electrons. The molecular formula is C26H40B2F3N5O. The van der Waals surface area contributed by atoms with E-state index in [1.807, 2.05) is 13.8 Å². The van der Waals surface area contributed by atoms with Gasteiger partial charge in [0.25, 0.3) is 0 Å². The molecule has 2 unspecified atom stereocenters. The van der Waals surface area contributed by atoms with Crippen molar-refractivity contribution in [3.05, 3.63) is 47.6 Å². The standard InChI is InChI=1S/C14H23B2NO.C10H11F3N4.C2H6/c15-14(16,8-11-4-6-18-7-5-11)17-9-12-2-1-3-13(12)10-17;11-10(12,13)9-6(2-1-5-17-9)7(14)3-4-8(15)16;1-2/h11-13H,1-10H2;1-5H,14-16H2;1-2H3/b;7-3-;. The number of hydrogen-bond acceptors (Lipinski definition) is 6. The molecule has 11 heteroatoms. The van der Waals surface area contributed by atoms with Gasteiger partial charge in [0.2, 0.25) is 0 Å². The Morgan fingerprint density at radius 1 is 1.05 bits per heavy atom. The molecule has 2 aliphatic heterocycles. The van der Waals surface area contributed by atoms with E-state index in [1.165, 1.54) is 43.5 Å². The third-order valence-electron chi connectivity index (χ3n) is 7.11. The summed E-state index contributed by atoms with van der Waals surface area (Å²) in [7, 11) is 12.8. The fraction of sp³-hybridized carbons (Fsp3) is 0.654. The summed E-state index contributed by atoms with van der Waals surface area (Å²) in [5.41, 5.74) is 14.4. The first-order valence-corrected chi connectivity index (χ1v) is 13.1. The van der Waals surface area contributed by atoms with E-state index in [2.05, 4.69) is 9.88 Å². The van der Waals surface area contributed by atoms with Crippen LogP contribution in [0.2, 0.25) is 0 Å². The Kier molecular flexibility index (Phi) is 11.9. The first-order valence-electron chi connectivity index (χ1n) is 13.1. The number of nitrogens with two attached hydrogens (primary N) is 3. The number of hydrogen-bond donors (Lipinski definition) is 3. The molecule has 0 amide bonds. The Morgan fingerprint density at radius 2 is 1.65 bits per heavy atom. The maximum atomic E-state index is 12.6. The van der Waals surface area contributed by atoms with Gasteiger partial charge >= 0.3 is 6.18 Å². The lowest BCUT2D eigenvalue weighted by molar-refractivity contribution is -0.141. The number of nitrogens with zero attached hydrogens (tertiary/aromatic N) is 2. The average molecular weight is 517 g/mol. The maximum absolute atomic E-state index is 12.6. The van der Waals surface area contributed by atoms with Crippen LogP contribution in [0.5, 0.6) is 0 Å². The van der Waals surface area contributed by atoms with Gasteiger partial charge < -0.3 is 26.8 Å². The van der Waals surface area contributed by atoms with Gasteiger partial charge in [0, 0.05) is 43.8 Å². The van der Waals surface area contributed by atoms with Crippen molar-refractivity contribution in [1.82, 2.24) is 9.88 Å². The summed E-state index contributed by atoms with van der Waals surface area (Å²) in [6.45, 7) is 8.01. The van der Waals surface area contributed by atoms with Crippen LogP contribution in [-0.2, 0) is 10.9 Å². The van der Waals surface area contributed by atoms with Crippen molar-refractivity contribution in [2.75, 3.05) is 26.3 Å². The quantitative estimate of drug-likeness (QED) is 0.407. The minimum absolute atomic E-state index is 0.0506. The molecule has 4 radical (unpaired) electrons. The van der Waals surface area contributed by atoms with Gasteiger partial charge in [-0.15, -0.1) is 0 Å². The second-order valence-electron chi connectivity index (χ2n) is 9.79. The van der Waals surface area contributed by atoms with Gasteiger partial charge in [-0.1, -0.05) is 25.6 Å². The third-order valence-corrected chi connectivity index (χ3v) is 7.11. The Morgan fingerprint density at radius 3 is 2.19 bits per heavy atom. The van der Waals surface area contributed by atoms with Crippen molar-refractivity contribution in [3.8, 4) is 0 Å².